The summed E-state index contributed by atoms with van der Waals surface area (Å²) in [6.07, 6.45) is 0.453. The quantitative estimate of drug-likeness (QED) is 0.874. The highest BCUT2D eigenvalue weighted by Gasteiger charge is 2.54. The zero-order valence-electron chi connectivity index (χ0n) is 16.2. The van der Waals surface area contributed by atoms with Crippen LogP contribution in [0.5, 0.6) is 0 Å². The Morgan fingerprint density at radius 2 is 2.14 bits per heavy atom. The molecule has 0 aliphatic carbocycles. The van der Waals surface area contributed by atoms with Gasteiger partial charge in [-0.25, -0.2) is 0 Å². The number of carboxylic acid groups (broad SMARTS) is 1. The minimum Gasteiger partial charge on any atom is -0.481 e. The Balaban J connectivity index is 1.54. The fourth-order valence-electron chi connectivity index (χ4n) is 4.45. The molecule has 28 heavy (non-hydrogen) atoms. The highest BCUT2D eigenvalue weighted by molar-refractivity contribution is 5.95. The van der Waals surface area contributed by atoms with E-state index in [9.17, 15) is 14.7 Å². The van der Waals surface area contributed by atoms with E-state index in [-0.39, 0.29) is 18.4 Å². The van der Waals surface area contributed by atoms with Crippen LogP contribution in [0.2, 0.25) is 0 Å². The molecule has 1 amide bonds. The highest BCUT2D eigenvalue weighted by Crippen LogP contribution is 2.42. The van der Waals surface area contributed by atoms with Crippen LogP contribution in [0.1, 0.15) is 33.7 Å². The zero-order valence-corrected chi connectivity index (χ0v) is 16.2. The molecule has 7 nitrogen and oxygen atoms in total. The van der Waals surface area contributed by atoms with Gasteiger partial charge in [-0.1, -0.05) is 12.1 Å². The van der Waals surface area contributed by atoms with Crippen molar-refractivity contribution < 1.29 is 19.4 Å². The lowest BCUT2D eigenvalue weighted by molar-refractivity contribution is -0.157. The van der Waals surface area contributed by atoms with Gasteiger partial charge in [0.2, 0.25) is 0 Å². The smallest absolute Gasteiger partial charge is 0.311 e. The number of fused-ring (bicyclic) bond motifs is 1. The molecule has 1 aromatic heterocycles. The van der Waals surface area contributed by atoms with Crippen LogP contribution < -0.4 is 0 Å². The Labute approximate surface area is 163 Å². The molecule has 0 spiro atoms. The topological polar surface area (TPSA) is 84.7 Å². The van der Waals surface area contributed by atoms with Crippen LogP contribution in [-0.2, 0) is 16.1 Å². The molecule has 1 N–H and O–H groups in total. The first-order valence-corrected chi connectivity index (χ1v) is 9.59. The lowest BCUT2D eigenvalue weighted by Crippen LogP contribution is -2.45. The number of aliphatic carboxylic acids is 1. The number of carboxylic acids is 1. The predicted molar refractivity (Wildman–Crippen MR) is 102 cm³/mol. The minimum atomic E-state index is -0.880. The average Bonchev–Trinajstić information content (AvgIpc) is 3.22. The number of benzene rings is 1. The Morgan fingerprint density at radius 3 is 2.82 bits per heavy atom. The zero-order chi connectivity index (χ0) is 19.9. The summed E-state index contributed by atoms with van der Waals surface area (Å²) in [6.45, 7) is 6.06. The number of nitrogens with zero attached hydrogens (tertiary/aromatic N) is 3. The van der Waals surface area contributed by atoms with Crippen molar-refractivity contribution in [3.05, 3.63) is 52.8 Å². The SMILES string of the molecule is Cc1cc(C)n(Cc2cccc(C(=O)N3C[C@H]4COCC[C@@]4(C(=O)O)C3)c2)n1. The second-order valence-corrected chi connectivity index (χ2v) is 7.95. The van der Waals surface area contributed by atoms with Crippen LogP contribution in [0.3, 0.4) is 0 Å². The van der Waals surface area contributed by atoms with Crippen molar-refractivity contribution in [2.75, 3.05) is 26.3 Å². The molecule has 2 atom stereocenters. The number of hydrogen-bond donors (Lipinski definition) is 1. The maximum absolute atomic E-state index is 13.1. The summed E-state index contributed by atoms with van der Waals surface area (Å²) < 4.78 is 7.40. The van der Waals surface area contributed by atoms with Crippen molar-refractivity contribution in [3.63, 3.8) is 0 Å². The summed E-state index contributed by atoms with van der Waals surface area (Å²) in [5.74, 6) is -1.10. The molecule has 7 heteroatoms. The van der Waals surface area contributed by atoms with Gasteiger partial charge in [0.25, 0.3) is 5.91 Å². The Bertz CT molecular complexity index is 922. The molecular formula is C21H25N3O4. The highest BCUT2D eigenvalue weighted by atomic mass is 16.5. The third-order valence-corrected chi connectivity index (χ3v) is 6.03. The maximum Gasteiger partial charge on any atom is 0.311 e. The molecule has 2 aromatic rings. The first kappa shape index (κ1) is 18.7. The van der Waals surface area contributed by atoms with Crippen LogP contribution in [0.25, 0.3) is 0 Å². The van der Waals surface area contributed by atoms with Gasteiger partial charge in [-0.05, 0) is 44.0 Å². The van der Waals surface area contributed by atoms with E-state index in [1.807, 2.05) is 42.8 Å². The first-order chi connectivity index (χ1) is 13.4. The summed E-state index contributed by atoms with van der Waals surface area (Å²) in [4.78, 5) is 26.7. The Morgan fingerprint density at radius 1 is 1.32 bits per heavy atom. The van der Waals surface area contributed by atoms with Gasteiger partial charge in [-0.2, -0.15) is 5.10 Å². The first-order valence-electron chi connectivity index (χ1n) is 9.59. The van der Waals surface area contributed by atoms with Gasteiger partial charge in [-0.3, -0.25) is 14.3 Å². The predicted octanol–water partition coefficient (Wildman–Crippen LogP) is 2.11. The number of aromatic nitrogens is 2. The lowest BCUT2D eigenvalue weighted by Gasteiger charge is -2.33. The van der Waals surface area contributed by atoms with Crippen LogP contribution in [0, 0.1) is 25.2 Å². The van der Waals surface area contributed by atoms with Gasteiger partial charge in [-0.15, -0.1) is 0 Å². The largest absolute Gasteiger partial charge is 0.481 e. The number of rotatable bonds is 4. The third kappa shape index (κ3) is 3.20. The molecule has 2 aliphatic rings. The van der Waals surface area contributed by atoms with Gasteiger partial charge in [0.1, 0.15) is 0 Å². The number of carbonyl (C=O) groups is 2. The molecule has 0 saturated carbocycles. The third-order valence-electron chi connectivity index (χ3n) is 6.03. The van der Waals surface area contributed by atoms with Crippen molar-refractivity contribution in [3.8, 4) is 0 Å². The molecule has 0 unspecified atom stereocenters. The van der Waals surface area contributed by atoms with E-state index in [4.69, 9.17) is 4.74 Å². The summed E-state index contributed by atoms with van der Waals surface area (Å²) >= 11 is 0. The fraction of sp³-hybridized carbons (Fsp3) is 0.476. The van der Waals surface area contributed by atoms with Crippen molar-refractivity contribution in [2.24, 2.45) is 11.3 Å². The molecule has 2 fully saturated rings. The summed E-state index contributed by atoms with van der Waals surface area (Å²) in [5, 5.41) is 14.3. The number of carbonyl (C=O) groups excluding carboxylic acids is 1. The van der Waals surface area contributed by atoms with Crippen LogP contribution >= 0.6 is 0 Å². The van der Waals surface area contributed by atoms with E-state index in [2.05, 4.69) is 5.10 Å². The fourth-order valence-corrected chi connectivity index (χ4v) is 4.45. The van der Waals surface area contributed by atoms with E-state index >= 15 is 0 Å². The van der Waals surface area contributed by atoms with E-state index in [0.29, 0.717) is 38.3 Å². The monoisotopic (exact) mass is 383 g/mol. The van der Waals surface area contributed by atoms with E-state index in [0.717, 1.165) is 17.0 Å². The van der Waals surface area contributed by atoms with Crippen molar-refractivity contribution in [2.45, 2.75) is 26.8 Å². The summed E-state index contributed by atoms with van der Waals surface area (Å²) in [5.41, 5.74) is 2.73. The van der Waals surface area contributed by atoms with Crippen molar-refractivity contribution in [1.82, 2.24) is 14.7 Å². The normalized spacial score (nSPS) is 24.2. The Hall–Kier alpha value is -2.67. The van der Waals surface area contributed by atoms with Crippen LogP contribution in [0.4, 0.5) is 0 Å². The molecule has 2 saturated heterocycles. The van der Waals surface area contributed by atoms with E-state index < -0.39 is 11.4 Å². The van der Waals surface area contributed by atoms with E-state index in [1.165, 1.54) is 0 Å². The number of hydrogen-bond acceptors (Lipinski definition) is 4. The molecule has 0 bridgehead atoms. The number of aryl methyl sites for hydroxylation is 2. The van der Waals surface area contributed by atoms with Crippen molar-refractivity contribution >= 4 is 11.9 Å². The van der Waals surface area contributed by atoms with Gasteiger partial charge in [0, 0.05) is 36.9 Å². The Kier molecular flexibility index (Phi) is 4.71. The molecule has 4 rings (SSSR count). The minimum absolute atomic E-state index is 0.120. The number of ether oxygens (including phenoxy) is 1. The van der Waals surface area contributed by atoms with Gasteiger partial charge < -0.3 is 14.7 Å². The number of likely N-dealkylation sites (tertiary alicyclic amines) is 1. The second kappa shape index (κ2) is 7.05. The van der Waals surface area contributed by atoms with Crippen LogP contribution in [-0.4, -0.2) is 58.0 Å². The maximum atomic E-state index is 13.1. The van der Waals surface area contributed by atoms with E-state index in [1.54, 1.807) is 11.0 Å². The average molecular weight is 383 g/mol. The molecule has 3 heterocycles. The summed E-state index contributed by atoms with van der Waals surface area (Å²) in [6, 6.07) is 9.54. The molecule has 148 valence electrons. The number of amides is 1. The standard InChI is InChI=1S/C21H25N3O4/c1-14-8-15(2)24(22-14)10-16-4-3-5-17(9-16)19(25)23-11-18-12-28-7-6-21(18,13-23)20(26)27/h3-5,8-9,18H,6-7,10-13H2,1-2H3,(H,26,27)/t18-,21+/m0/s1. The van der Waals surface area contributed by atoms with Gasteiger partial charge in [0.05, 0.1) is 24.3 Å². The second-order valence-electron chi connectivity index (χ2n) is 7.95. The molecule has 0 radical (unpaired) electrons. The molecular weight excluding hydrogens is 358 g/mol. The lowest BCUT2D eigenvalue weighted by atomic mass is 9.74. The van der Waals surface area contributed by atoms with Crippen LogP contribution in [0.15, 0.2) is 30.3 Å². The summed E-state index contributed by atoms with van der Waals surface area (Å²) in [7, 11) is 0. The molecule has 1 aromatic carbocycles. The van der Waals surface area contributed by atoms with Gasteiger partial charge in [0.15, 0.2) is 0 Å². The van der Waals surface area contributed by atoms with Gasteiger partial charge >= 0.3 is 5.97 Å². The van der Waals surface area contributed by atoms with Crippen molar-refractivity contribution in [1.29, 1.82) is 0 Å². The molecule has 2 aliphatic heterocycles.